The fourth-order valence-electron chi connectivity index (χ4n) is 3.80. The smallest absolute Gasteiger partial charge is 0.405 e. The van der Waals surface area contributed by atoms with E-state index < -0.39 is 12.2 Å². The Labute approximate surface area is 154 Å². The molecule has 0 unspecified atom stereocenters. The van der Waals surface area contributed by atoms with E-state index in [9.17, 15) is 9.18 Å². The van der Waals surface area contributed by atoms with Gasteiger partial charge in [-0.1, -0.05) is 51.5 Å². The lowest BCUT2D eigenvalue weighted by Crippen LogP contribution is -2.33. The summed E-state index contributed by atoms with van der Waals surface area (Å²) in [4.78, 5) is 11.3. The Kier molecular flexibility index (Phi) is 5.03. The van der Waals surface area contributed by atoms with E-state index in [1.807, 2.05) is 32.0 Å². The molecule has 4 heteroatoms. The van der Waals surface area contributed by atoms with Crippen LogP contribution in [0, 0.1) is 11.2 Å². The fraction of sp³-hybridized carbons (Fsp3) is 0.409. The molecule has 3 rings (SSSR count). The number of carbonyl (C=O) groups excluding carboxylic acids is 1. The van der Waals surface area contributed by atoms with Gasteiger partial charge in [0, 0.05) is 11.0 Å². The standard InChI is InChI=1S/C22H26FNO2/c1-4-5-14-6-8-15(9-7-14)17-12-16-10-11-22(2,3)20(26-21(24)25)18(16)13-19(17)23/h6-9,12-13,20H,4-5,10-11H2,1-3H3,(H2,24,25)/t20-/m0/s1. The van der Waals surface area contributed by atoms with Gasteiger partial charge >= 0.3 is 6.09 Å². The van der Waals surface area contributed by atoms with E-state index in [1.54, 1.807) is 0 Å². The summed E-state index contributed by atoms with van der Waals surface area (Å²) >= 11 is 0. The summed E-state index contributed by atoms with van der Waals surface area (Å²) in [6.07, 6.45) is 2.42. The number of fused-ring (bicyclic) bond motifs is 1. The SMILES string of the molecule is CCCc1ccc(-c2cc3c(cc2F)[C@H](OC(N)=O)C(C)(C)CC3)cc1. The van der Waals surface area contributed by atoms with E-state index in [2.05, 4.69) is 19.1 Å². The first-order valence-corrected chi connectivity index (χ1v) is 9.19. The molecule has 0 saturated carbocycles. The molecule has 26 heavy (non-hydrogen) atoms. The Morgan fingerprint density at radius 1 is 1.27 bits per heavy atom. The van der Waals surface area contributed by atoms with Crippen molar-refractivity contribution in [1.29, 1.82) is 0 Å². The van der Waals surface area contributed by atoms with Crippen molar-refractivity contribution in [3.05, 3.63) is 58.9 Å². The molecule has 0 heterocycles. The summed E-state index contributed by atoms with van der Waals surface area (Å²) in [7, 11) is 0. The molecule has 2 aromatic rings. The molecule has 1 aliphatic rings. The Morgan fingerprint density at radius 2 is 1.96 bits per heavy atom. The number of primary amides is 1. The van der Waals surface area contributed by atoms with Crippen LogP contribution in [0.3, 0.4) is 0 Å². The summed E-state index contributed by atoms with van der Waals surface area (Å²) in [5, 5.41) is 0. The highest BCUT2D eigenvalue weighted by Crippen LogP contribution is 2.47. The molecule has 3 nitrogen and oxygen atoms in total. The van der Waals surface area contributed by atoms with Crippen LogP contribution in [0.15, 0.2) is 36.4 Å². The van der Waals surface area contributed by atoms with Crippen molar-refractivity contribution in [2.45, 2.75) is 52.6 Å². The lowest BCUT2D eigenvalue weighted by atomic mass is 9.71. The maximum Gasteiger partial charge on any atom is 0.405 e. The maximum atomic E-state index is 14.9. The number of hydrogen-bond donors (Lipinski definition) is 1. The first kappa shape index (κ1) is 18.4. The zero-order chi connectivity index (χ0) is 18.9. The zero-order valence-electron chi connectivity index (χ0n) is 15.6. The van der Waals surface area contributed by atoms with Crippen LogP contribution in [-0.4, -0.2) is 6.09 Å². The second-order valence-corrected chi connectivity index (χ2v) is 7.78. The third-order valence-electron chi connectivity index (χ3n) is 5.30. The number of hydrogen-bond acceptors (Lipinski definition) is 2. The van der Waals surface area contributed by atoms with Crippen molar-refractivity contribution in [3.63, 3.8) is 0 Å². The highest BCUT2D eigenvalue weighted by Gasteiger charge is 2.39. The molecule has 2 N–H and O–H groups in total. The zero-order valence-corrected chi connectivity index (χ0v) is 15.6. The quantitative estimate of drug-likeness (QED) is 0.781. The molecule has 1 atom stereocenters. The summed E-state index contributed by atoms with van der Waals surface area (Å²) in [5.41, 5.74) is 9.41. The molecule has 0 aromatic heterocycles. The minimum atomic E-state index is -0.827. The van der Waals surface area contributed by atoms with Gasteiger partial charge in [0.25, 0.3) is 0 Å². The minimum absolute atomic E-state index is 0.280. The number of nitrogens with two attached hydrogens (primary N) is 1. The van der Waals surface area contributed by atoms with E-state index in [4.69, 9.17) is 10.5 Å². The van der Waals surface area contributed by atoms with Crippen LogP contribution in [-0.2, 0) is 17.6 Å². The molecular formula is C22H26FNO2. The summed E-state index contributed by atoms with van der Waals surface area (Å²) in [6, 6.07) is 11.5. The van der Waals surface area contributed by atoms with Crippen molar-refractivity contribution in [3.8, 4) is 11.1 Å². The normalized spacial score (nSPS) is 18.2. The monoisotopic (exact) mass is 355 g/mol. The van der Waals surface area contributed by atoms with Gasteiger partial charge in [0.05, 0.1) is 0 Å². The number of ether oxygens (including phenoxy) is 1. The minimum Gasteiger partial charge on any atom is -0.441 e. The summed E-state index contributed by atoms with van der Waals surface area (Å²) in [6.45, 7) is 6.17. The van der Waals surface area contributed by atoms with Gasteiger partial charge in [-0.25, -0.2) is 9.18 Å². The van der Waals surface area contributed by atoms with Crippen molar-refractivity contribution < 1.29 is 13.9 Å². The van der Waals surface area contributed by atoms with Crippen LogP contribution in [0.2, 0.25) is 0 Å². The molecular weight excluding hydrogens is 329 g/mol. The van der Waals surface area contributed by atoms with E-state index >= 15 is 0 Å². The second kappa shape index (κ2) is 7.10. The molecule has 1 amide bonds. The van der Waals surface area contributed by atoms with Crippen molar-refractivity contribution >= 4 is 6.09 Å². The van der Waals surface area contributed by atoms with Crippen LogP contribution < -0.4 is 5.73 Å². The molecule has 0 saturated heterocycles. The average Bonchev–Trinajstić information content (AvgIpc) is 2.58. The first-order chi connectivity index (χ1) is 12.3. The molecule has 0 aliphatic heterocycles. The number of benzene rings is 2. The van der Waals surface area contributed by atoms with Gasteiger partial charge in [-0.15, -0.1) is 0 Å². The average molecular weight is 355 g/mol. The summed E-state index contributed by atoms with van der Waals surface area (Å²) < 4.78 is 20.3. The van der Waals surface area contributed by atoms with Gasteiger partial charge in [-0.3, -0.25) is 0 Å². The topological polar surface area (TPSA) is 52.3 Å². The van der Waals surface area contributed by atoms with Gasteiger partial charge in [0.1, 0.15) is 11.9 Å². The molecule has 0 bridgehead atoms. The van der Waals surface area contributed by atoms with Gasteiger partial charge in [-0.05, 0) is 53.6 Å². The highest BCUT2D eigenvalue weighted by molar-refractivity contribution is 5.68. The maximum absolute atomic E-state index is 14.9. The molecule has 1 aliphatic carbocycles. The van der Waals surface area contributed by atoms with E-state index in [0.717, 1.165) is 42.4 Å². The molecule has 138 valence electrons. The Morgan fingerprint density at radius 3 is 2.58 bits per heavy atom. The van der Waals surface area contributed by atoms with Gasteiger partial charge in [0.2, 0.25) is 0 Å². The van der Waals surface area contributed by atoms with Crippen LogP contribution >= 0.6 is 0 Å². The van der Waals surface area contributed by atoms with Gasteiger partial charge < -0.3 is 10.5 Å². The Bertz CT molecular complexity index is 812. The van der Waals surface area contributed by atoms with Gasteiger partial charge in [0.15, 0.2) is 0 Å². The van der Waals surface area contributed by atoms with E-state index in [-0.39, 0.29) is 11.2 Å². The molecule has 0 radical (unpaired) electrons. The predicted molar refractivity (Wildman–Crippen MR) is 101 cm³/mol. The largest absolute Gasteiger partial charge is 0.441 e. The third-order valence-corrected chi connectivity index (χ3v) is 5.30. The highest BCUT2D eigenvalue weighted by atomic mass is 19.1. The third kappa shape index (κ3) is 3.59. The van der Waals surface area contributed by atoms with Crippen molar-refractivity contribution in [2.75, 3.05) is 0 Å². The van der Waals surface area contributed by atoms with Crippen LogP contribution in [0.1, 0.15) is 56.4 Å². The van der Waals surface area contributed by atoms with Crippen LogP contribution in [0.5, 0.6) is 0 Å². The summed E-state index contributed by atoms with van der Waals surface area (Å²) in [5.74, 6) is -0.303. The predicted octanol–water partition coefficient (Wildman–Crippen LogP) is 5.55. The Balaban J connectivity index is 2.00. The number of carbonyl (C=O) groups is 1. The lowest BCUT2D eigenvalue weighted by Gasteiger charge is -2.39. The number of rotatable bonds is 4. The van der Waals surface area contributed by atoms with Crippen LogP contribution in [0.4, 0.5) is 9.18 Å². The second-order valence-electron chi connectivity index (χ2n) is 7.78. The number of amides is 1. The van der Waals surface area contributed by atoms with Crippen molar-refractivity contribution in [2.24, 2.45) is 11.1 Å². The lowest BCUT2D eigenvalue weighted by molar-refractivity contribution is 0.0145. The van der Waals surface area contributed by atoms with E-state index in [0.29, 0.717) is 5.56 Å². The Hall–Kier alpha value is -2.36. The molecule has 2 aromatic carbocycles. The van der Waals surface area contributed by atoms with Crippen molar-refractivity contribution in [1.82, 2.24) is 0 Å². The van der Waals surface area contributed by atoms with E-state index in [1.165, 1.54) is 11.6 Å². The first-order valence-electron chi connectivity index (χ1n) is 9.19. The molecule has 0 fully saturated rings. The van der Waals surface area contributed by atoms with Gasteiger partial charge in [-0.2, -0.15) is 0 Å². The number of halogens is 1. The number of aryl methyl sites for hydroxylation is 2. The van der Waals surface area contributed by atoms with Crippen LogP contribution in [0.25, 0.3) is 11.1 Å². The fourth-order valence-corrected chi connectivity index (χ4v) is 3.80. The molecule has 0 spiro atoms.